The summed E-state index contributed by atoms with van der Waals surface area (Å²) in [4.78, 5) is 14.3. The van der Waals surface area contributed by atoms with Crippen molar-refractivity contribution in [1.82, 2.24) is 10.2 Å². The van der Waals surface area contributed by atoms with E-state index in [-0.39, 0.29) is 37.2 Å². The van der Waals surface area contributed by atoms with Gasteiger partial charge in [-0.05, 0) is 6.07 Å². The second kappa shape index (κ2) is 7.01. The highest BCUT2D eigenvalue weighted by molar-refractivity contribution is 5.85. The molecule has 3 rings (SSSR count). The van der Waals surface area contributed by atoms with Crippen molar-refractivity contribution in [3.8, 4) is 5.75 Å². The van der Waals surface area contributed by atoms with Crippen LogP contribution in [0, 0.1) is 5.92 Å². The summed E-state index contributed by atoms with van der Waals surface area (Å²) in [5, 5.41) is 3.26. The van der Waals surface area contributed by atoms with Crippen molar-refractivity contribution < 1.29 is 18.3 Å². The summed E-state index contributed by atoms with van der Waals surface area (Å²) < 4.78 is 31.5. The van der Waals surface area contributed by atoms with E-state index in [0.29, 0.717) is 25.4 Å². The van der Waals surface area contributed by atoms with Crippen molar-refractivity contribution >= 4 is 18.3 Å². The normalized spacial score (nSPS) is 23.6. The highest BCUT2D eigenvalue weighted by Gasteiger charge is 2.50. The number of nitrogens with zero attached hydrogens (tertiary/aromatic N) is 1. The molecule has 1 aromatic rings. The molecule has 1 saturated carbocycles. The first kappa shape index (κ1) is 17.9. The van der Waals surface area contributed by atoms with Gasteiger partial charge in [-0.2, -0.15) is 0 Å². The predicted molar refractivity (Wildman–Crippen MR) is 85.2 cm³/mol. The van der Waals surface area contributed by atoms with E-state index >= 15 is 0 Å². The van der Waals surface area contributed by atoms with Crippen LogP contribution in [-0.4, -0.2) is 43.5 Å². The Morgan fingerprint density at radius 2 is 2.04 bits per heavy atom. The first-order chi connectivity index (χ1) is 10.5. The lowest BCUT2D eigenvalue weighted by Crippen LogP contribution is -2.54. The van der Waals surface area contributed by atoms with E-state index < -0.39 is 11.8 Å². The minimum absolute atomic E-state index is 0. The molecule has 1 aliphatic carbocycles. The second-order valence-corrected chi connectivity index (χ2v) is 5.95. The molecule has 1 N–H and O–H groups in total. The second-order valence-electron chi connectivity index (χ2n) is 5.95. The van der Waals surface area contributed by atoms with Gasteiger partial charge in [0.2, 0.25) is 11.8 Å². The van der Waals surface area contributed by atoms with Gasteiger partial charge in [-0.1, -0.05) is 18.2 Å². The van der Waals surface area contributed by atoms with Crippen LogP contribution in [0.4, 0.5) is 8.78 Å². The Bertz CT molecular complexity index is 563. The number of ether oxygens (including phenoxy) is 1. The van der Waals surface area contributed by atoms with Gasteiger partial charge in [0.1, 0.15) is 5.75 Å². The monoisotopic (exact) mass is 346 g/mol. The van der Waals surface area contributed by atoms with Crippen molar-refractivity contribution in [3.05, 3.63) is 29.8 Å². The summed E-state index contributed by atoms with van der Waals surface area (Å²) in [5.74, 6) is -2.67. The predicted octanol–water partition coefficient (Wildman–Crippen LogP) is 2.64. The quantitative estimate of drug-likeness (QED) is 0.914. The van der Waals surface area contributed by atoms with Gasteiger partial charge in [0, 0.05) is 44.0 Å². The molecule has 4 nitrogen and oxygen atoms in total. The summed E-state index contributed by atoms with van der Waals surface area (Å²) in [6.07, 6.45) is -0.650. The van der Waals surface area contributed by atoms with Crippen LogP contribution < -0.4 is 10.1 Å². The van der Waals surface area contributed by atoms with Gasteiger partial charge < -0.3 is 15.0 Å². The first-order valence-corrected chi connectivity index (χ1v) is 7.54. The summed E-state index contributed by atoms with van der Waals surface area (Å²) >= 11 is 0. The van der Waals surface area contributed by atoms with Crippen LogP contribution in [-0.2, 0) is 4.79 Å². The number of nitrogens with one attached hydrogen (secondary N) is 1. The van der Waals surface area contributed by atoms with E-state index in [1.165, 1.54) is 0 Å². The number of halogens is 3. The summed E-state index contributed by atoms with van der Waals surface area (Å²) in [6.45, 7) is 1.82. The summed E-state index contributed by atoms with van der Waals surface area (Å²) in [7, 11) is 1.59. The molecule has 7 heteroatoms. The Labute approximate surface area is 140 Å². The Kier molecular flexibility index (Phi) is 5.47. The molecule has 0 spiro atoms. The van der Waals surface area contributed by atoms with Gasteiger partial charge >= 0.3 is 0 Å². The van der Waals surface area contributed by atoms with Crippen LogP contribution in [0.1, 0.15) is 24.4 Å². The number of para-hydroxylation sites is 1. The number of hydrogen-bond acceptors (Lipinski definition) is 3. The molecule has 2 aliphatic rings. The number of methoxy groups -OCH3 is 1. The minimum atomic E-state index is -2.67. The SMILES string of the molecule is COc1ccccc1C1CNCCN1C(=O)C1CC(F)(F)C1.Cl. The number of carbonyl (C=O) groups excluding carboxylic acids is 1. The fourth-order valence-electron chi connectivity index (χ4n) is 3.26. The summed E-state index contributed by atoms with van der Waals surface area (Å²) in [5.41, 5.74) is 0.914. The number of amides is 1. The van der Waals surface area contributed by atoms with Crippen molar-refractivity contribution in [2.24, 2.45) is 5.92 Å². The van der Waals surface area contributed by atoms with Crippen LogP contribution >= 0.6 is 12.4 Å². The van der Waals surface area contributed by atoms with E-state index in [2.05, 4.69) is 5.32 Å². The fourth-order valence-corrected chi connectivity index (χ4v) is 3.26. The number of benzene rings is 1. The van der Waals surface area contributed by atoms with Gasteiger partial charge in [-0.25, -0.2) is 8.78 Å². The molecule has 128 valence electrons. The molecule has 1 heterocycles. The third kappa shape index (κ3) is 3.58. The van der Waals surface area contributed by atoms with Gasteiger partial charge in [0.05, 0.1) is 13.2 Å². The van der Waals surface area contributed by atoms with Crippen LogP contribution in [0.25, 0.3) is 0 Å². The Morgan fingerprint density at radius 1 is 1.35 bits per heavy atom. The molecule has 1 amide bonds. The van der Waals surface area contributed by atoms with E-state index in [4.69, 9.17) is 4.74 Å². The molecule has 2 fully saturated rings. The third-order valence-corrected chi connectivity index (χ3v) is 4.46. The molecule has 1 saturated heterocycles. The average Bonchev–Trinajstić information content (AvgIpc) is 2.51. The highest BCUT2D eigenvalue weighted by Crippen LogP contribution is 2.44. The highest BCUT2D eigenvalue weighted by atomic mass is 35.5. The van der Waals surface area contributed by atoms with Crippen molar-refractivity contribution in [3.63, 3.8) is 0 Å². The fraction of sp³-hybridized carbons (Fsp3) is 0.562. The van der Waals surface area contributed by atoms with Gasteiger partial charge in [-0.15, -0.1) is 12.4 Å². The molecule has 0 aromatic heterocycles. The number of rotatable bonds is 3. The van der Waals surface area contributed by atoms with Crippen molar-refractivity contribution in [2.45, 2.75) is 24.8 Å². The Morgan fingerprint density at radius 3 is 2.70 bits per heavy atom. The Balaban J connectivity index is 0.00000192. The number of carbonyl (C=O) groups is 1. The lowest BCUT2D eigenvalue weighted by Gasteiger charge is -2.42. The lowest BCUT2D eigenvalue weighted by molar-refractivity contribution is -0.162. The van der Waals surface area contributed by atoms with Gasteiger partial charge in [0.15, 0.2) is 0 Å². The minimum Gasteiger partial charge on any atom is -0.496 e. The molecule has 1 aliphatic heterocycles. The first-order valence-electron chi connectivity index (χ1n) is 7.54. The maximum Gasteiger partial charge on any atom is 0.249 e. The summed E-state index contributed by atoms with van der Waals surface area (Å²) in [6, 6.07) is 7.37. The van der Waals surface area contributed by atoms with E-state index in [1.807, 2.05) is 24.3 Å². The number of alkyl halides is 2. The molecule has 0 radical (unpaired) electrons. The maximum atomic E-state index is 13.1. The van der Waals surface area contributed by atoms with Crippen LogP contribution in [0.5, 0.6) is 5.75 Å². The average molecular weight is 347 g/mol. The van der Waals surface area contributed by atoms with Crippen molar-refractivity contribution in [2.75, 3.05) is 26.7 Å². The third-order valence-electron chi connectivity index (χ3n) is 4.46. The molecule has 0 bridgehead atoms. The molecular formula is C16H21ClF2N2O2. The number of hydrogen-bond donors (Lipinski definition) is 1. The van der Waals surface area contributed by atoms with E-state index in [1.54, 1.807) is 12.0 Å². The molecular weight excluding hydrogens is 326 g/mol. The largest absolute Gasteiger partial charge is 0.496 e. The smallest absolute Gasteiger partial charge is 0.249 e. The molecule has 1 aromatic carbocycles. The maximum absolute atomic E-state index is 13.1. The number of piperazine rings is 1. The molecule has 23 heavy (non-hydrogen) atoms. The zero-order valence-electron chi connectivity index (χ0n) is 12.9. The zero-order valence-corrected chi connectivity index (χ0v) is 13.7. The van der Waals surface area contributed by atoms with Gasteiger partial charge in [-0.3, -0.25) is 4.79 Å². The molecule has 1 atom stereocenters. The Hall–Kier alpha value is -1.40. The molecule has 1 unspecified atom stereocenters. The van der Waals surface area contributed by atoms with Crippen LogP contribution in [0.15, 0.2) is 24.3 Å². The van der Waals surface area contributed by atoms with Gasteiger partial charge in [0.25, 0.3) is 0 Å². The lowest BCUT2D eigenvalue weighted by atomic mass is 9.80. The van der Waals surface area contributed by atoms with E-state index in [0.717, 1.165) is 5.56 Å². The van der Waals surface area contributed by atoms with Crippen LogP contribution in [0.2, 0.25) is 0 Å². The van der Waals surface area contributed by atoms with E-state index in [9.17, 15) is 13.6 Å². The zero-order chi connectivity index (χ0) is 15.7. The van der Waals surface area contributed by atoms with Crippen LogP contribution in [0.3, 0.4) is 0 Å². The standard InChI is InChI=1S/C16H20F2N2O2.ClH/c1-22-14-5-3-2-4-12(14)13-10-19-6-7-20(13)15(21)11-8-16(17,18)9-11;/h2-5,11,13,19H,6-10H2,1H3;1H. The topological polar surface area (TPSA) is 41.6 Å². The van der Waals surface area contributed by atoms with Crippen molar-refractivity contribution in [1.29, 1.82) is 0 Å².